The number of ether oxygens (including phenoxy) is 1. The van der Waals surface area contributed by atoms with Crippen LogP contribution in [0.5, 0.6) is 0 Å². The van der Waals surface area contributed by atoms with Crippen LogP contribution >= 0.6 is 0 Å². The minimum Gasteiger partial charge on any atom is -0.456 e. The molecule has 0 unspecified atom stereocenters. The Bertz CT molecular complexity index is 571. The highest BCUT2D eigenvalue weighted by Gasteiger charge is 2.19. The molecule has 0 N–H and O–H groups in total. The van der Waals surface area contributed by atoms with Crippen LogP contribution in [0.15, 0.2) is 29.8 Å². The van der Waals surface area contributed by atoms with Gasteiger partial charge in [0.25, 0.3) is 0 Å². The van der Waals surface area contributed by atoms with Gasteiger partial charge in [-0.3, -0.25) is 0 Å². The third kappa shape index (κ3) is 5.25. The van der Waals surface area contributed by atoms with E-state index in [-0.39, 0.29) is 5.57 Å². The van der Waals surface area contributed by atoms with Gasteiger partial charge in [-0.15, -0.1) is 0 Å². The van der Waals surface area contributed by atoms with Crippen molar-refractivity contribution in [3.63, 3.8) is 0 Å². The summed E-state index contributed by atoms with van der Waals surface area (Å²) in [6, 6.07) is 9.68. The van der Waals surface area contributed by atoms with E-state index >= 15 is 0 Å². The SMILES string of the molecule is CCN(CC)c1ccc(/C=C(\C#N)C(=O)OC(C)(C)C)cc1. The Morgan fingerprint density at radius 1 is 1.23 bits per heavy atom. The van der Waals surface area contributed by atoms with Gasteiger partial charge in [0, 0.05) is 18.8 Å². The molecule has 0 aliphatic carbocycles. The first-order valence-corrected chi connectivity index (χ1v) is 7.50. The minimum absolute atomic E-state index is 0.00511. The third-order valence-corrected chi connectivity index (χ3v) is 3.07. The van der Waals surface area contributed by atoms with E-state index in [1.54, 1.807) is 26.8 Å². The van der Waals surface area contributed by atoms with Gasteiger partial charge >= 0.3 is 5.97 Å². The van der Waals surface area contributed by atoms with Gasteiger partial charge in [0.1, 0.15) is 17.2 Å². The summed E-state index contributed by atoms with van der Waals surface area (Å²) in [4.78, 5) is 14.2. The Labute approximate surface area is 133 Å². The molecule has 4 nitrogen and oxygen atoms in total. The monoisotopic (exact) mass is 300 g/mol. The van der Waals surface area contributed by atoms with Gasteiger partial charge < -0.3 is 9.64 Å². The second-order valence-corrected chi connectivity index (χ2v) is 5.94. The maximum absolute atomic E-state index is 11.9. The van der Waals surface area contributed by atoms with Crippen LogP contribution in [0, 0.1) is 11.3 Å². The van der Waals surface area contributed by atoms with Crippen LogP contribution in [0.1, 0.15) is 40.2 Å². The lowest BCUT2D eigenvalue weighted by Crippen LogP contribution is -2.24. The number of benzene rings is 1. The molecule has 1 aromatic carbocycles. The Hall–Kier alpha value is -2.28. The van der Waals surface area contributed by atoms with Crippen LogP contribution in [0.2, 0.25) is 0 Å². The maximum Gasteiger partial charge on any atom is 0.349 e. The minimum atomic E-state index is -0.611. The fourth-order valence-electron chi connectivity index (χ4n) is 2.01. The average molecular weight is 300 g/mol. The first kappa shape index (κ1) is 17.8. The molecule has 118 valence electrons. The standard InChI is InChI=1S/C18H24N2O2/c1-6-20(7-2)16-10-8-14(9-11-16)12-15(13-19)17(21)22-18(3,4)5/h8-12H,6-7H2,1-5H3/b15-12+. The molecular formula is C18H24N2O2. The molecule has 22 heavy (non-hydrogen) atoms. The number of hydrogen-bond acceptors (Lipinski definition) is 4. The first-order chi connectivity index (χ1) is 10.3. The number of rotatable bonds is 5. The molecule has 0 fully saturated rings. The topological polar surface area (TPSA) is 53.3 Å². The van der Waals surface area contributed by atoms with Crippen molar-refractivity contribution in [2.24, 2.45) is 0 Å². The van der Waals surface area contributed by atoms with Crippen LogP contribution in [0.3, 0.4) is 0 Å². The van der Waals surface area contributed by atoms with Crippen molar-refractivity contribution in [1.29, 1.82) is 5.26 Å². The van der Waals surface area contributed by atoms with Gasteiger partial charge in [-0.1, -0.05) is 12.1 Å². The molecule has 0 radical (unpaired) electrons. The molecule has 0 aromatic heterocycles. The number of carbonyl (C=O) groups excluding carboxylic acids is 1. The van der Waals surface area contributed by atoms with Gasteiger partial charge in [0.05, 0.1) is 0 Å². The quantitative estimate of drug-likeness (QED) is 0.472. The molecule has 4 heteroatoms. The van der Waals surface area contributed by atoms with E-state index in [9.17, 15) is 4.79 Å². The smallest absolute Gasteiger partial charge is 0.349 e. The highest BCUT2D eigenvalue weighted by molar-refractivity contribution is 5.98. The molecule has 1 aromatic rings. The number of carbonyl (C=O) groups is 1. The lowest BCUT2D eigenvalue weighted by molar-refractivity contribution is -0.149. The summed E-state index contributed by atoms with van der Waals surface area (Å²) < 4.78 is 5.22. The van der Waals surface area contributed by atoms with Gasteiger partial charge in [-0.2, -0.15) is 5.26 Å². The summed E-state index contributed by atoms with van der Waals surface area (Å²) in [5.41, 5.74) is 1.32. The molecule has 0 amide bonds. The van der Waals surface area contributed by atoms with Crippen molar-refractivity contribution in [2.75, 3.05) is 18.0 Å². The van der Waals surface area contributed by atoms with E-state index < -0.39 is 11.6 Å². The maximum atomic E-state index is 11.9. The predicted octanol–water partition coefficient (Wildman–Crippen LogP) is 3.78. The number of esters is 1. The van der Waals surface area contributed by atoms with E-state index in [1.165, 1.54) is 0 Å². The predicted molar refractivity (Wildman–Crippen MR) is 89.4 cm³/mol. The highest BCUT2D eigenvalue weighted by Crippen LogP contribution is 2.18. The van der Waals surface area contributed by atoms with Crippen molar-refractivity contribution in [3.8, 4) is 6.07 Å². The molecule has 0 aliphatic heterocycles. The molecular weight excluding hydrogens is 276 g/mol. The average Bonchev–Trinajstić information content (AvgIpc) is 2.45. The molecule has 0 heterocycles. The Kier molecular flexibility index (Phi) is 6.18. The van der Waals surface area contributed by atoms with E-state index in [4.69, 9.17) is 10.00 Å². The molecule has 0 aliphatic rings. The van der Waals surface area contributed by atoms with Crippen LogP contribution in [0.4, 0.5) is 5.69 Å². The van der Waals surface area contributed by atoms with Crippen molar-refractivity contribution < 1.29 is 9.53 Å². The van der Waals surface area contributed by atoms with Crippen molar-refractivity contribution in [1.82, 2.24) is 0 Å². The summed E-state index contributed by atoms with van der Waals surface area (Å²) in [5, 5.41) is 9.15. The van der Waals surface area contributed by atoms with E-state index in [0.717, 1.165) is 24.3 Å². The summed E-state index contributed by atoms with van der Waals surface area (Å²) in [6.45, 7) is 11.4. The first-order valence-electron chi connectivity index (χ1n) is 7.50. The molecule has 1 rings (SSSR count). The largest absolute Gasteiger partial charge is 0.456 e. The van der Waals surface area contributed by atoms with Gasteiger partial charge in [0.2, 0.25) is 0 Å². The van der Waals surface area contributed by atoms with Crippen molar-refractivity contribution >= 4 is 17.7 Å². The molecule has 0 bridgehead atoms. The van der Waals surface area contributed by atoms with E-state index in [0.29, 0.717) is 0 Å². The number of hydrogen-bond donors (Lipinski definition) is 0. The van der Waals surface area contributed by atoms with Crippen molar-refractivity contribution in [3.05, 3.63) is 35.4 Å². The fourth-order valence-corrected chi connectivity index (χ4v) is 2.01. The van der Waals surface area contributed by atoms with E-state index in [2.05, 4.69) is 18.7 Å². The second kappa shape index (κ2) is 7.65. The second-order valence-electron chi connectivity index (χ2n) is 5.94. The summed E-state index contributed by atoms with van der Waals surface area (Å²) >= 11 is 0. The molecule has 0 saturated heterocycles. The zero-order valence-corrected chi connectivity index (χ0v) is 14.0. The molecule has 0 saturated carbocycles. The van der Waals surface area contributed by atoms with Crippen LogP contribution < -0.4 is 4.90 Å². The Morgan fingerprint density at radius 3 is 2.18 bits per heavy atom. The van der Waals surface area contributed by atoms with Gasteiger partial charge in [0.15, 0.2) is 0 Å². The zero-order chi connectivity index (χ0) is 16.8. The highest BCUT2D eigenvalue weighted by atomic mass is 16.6. The van der Waals surface area contributed by atoms with Crippen LogP contribution in [-0.2, 0) is 9.53 Å². The Morgan fingerprint density at radius 2 is 1.77 bits per heavy atom. The van der Waals surface area contributed by atoms with Gasteiger partial charge in [-0.05, 0) is 58.4 Å². The lowest BCUT2D eigenvalue weighted by atomic mass is 10.1. The summed E-state index contributed by atoms with van der Waals surface area (Å²) in [6.07, 6.45) is 1.56. The number of nitrogens with zero attached hydrogens (tertiary/aromatic N) is 2. The Balaban J connectivity index is 2.95. The normalized spacial score (nSPS) is 11.7. The van der Waals surface area contributed by atoms with Crippen molar-refractivity contribution in [2.45, 2.75) is 40.2 Å². The molecule has 0 spiro atoms. The summed E-state index contributed by atoms with van der Waals surface area (Å²) in [5.74, 6) is -0.595. The third-order valence-electron chi connectivity index (χ3n) is 3.07. The number of nitriles is 1. The zero-order valence-electron chi connectivity index (χ0n) is 14.0. The van der Waals surface area contributed by atoms with Crippen LogP contribution in [0.25, 0.3) is 6.08 Å². The summed E-state index contributed by atoms with van der Waals surface area (Å²) in [7, 11) is 0. The van der Waals surface area contributed by atoms with E-state index in [1.807, 2.05) is 30.3 Å². The lowest BCUT2D eigenvalue weighted by Gasteiger charge is -2.21. The fraction of sp³-hybridized carbons (Fsp3) is 0.444. The molecule has 0 atom stereocenters. The van der Waals surface area contributed by atoms with Crippen LogP contribution in [-0.4, -0.2) is 24.7 Å². The number of anilines is 1. The van der Waals surface area contributed by atoms with Gasteiger partial charge in [-0.25, -0.2) is 4.79 Å².